The summed E-state index contributed by atoms with van der Waals surface area (Å²) in [5, 5.41) is 21.8. The summed E-state index contributed by atoms with van der Waals surface area (Å²) in [6.07, 6.45) is 0. The average molecular weight is 649 g/mol. The van der Waals surface area contributed by atoms with Gasteiger partial charge >= 0.3 is 0 Å². The van der Waals surface area contributed by atoms with E-state index < -0.39 is 35.5 Å². The molecule has 0 radical (unpaired) electrons. The number of hydrogen-bond donors (Lipinski definition) is 2. The number of nitrogens with one attached hydrogen (secondary N) is 2. The second-order valence-corrected chi connectivity index (χ2v) is 10.9. The maximum absolute atomic E-state index is 12.8. The van der Waals surface area contributed by atoms with E-state index in [0.29, 0.717) is 34.2 Å². The number of aryl methyl sites for hydroxylation is 2. The van der Waals surface area contributed by atoms with Crippen LogP contribution in [0.4, 0.5) is 22.7 Å². The van der Waals surface area contributed by atoms with Gasteiger partial charge in [-0.2, -0.15) is 20.5 Å². The Morgan fingerprint density at radius 3 is 1.23 bits per heavy atom. The van der Waals surface area contributed by atoms with Crippen molar-refractivity contribution in [2.45, 2.75) is 39.8 Å². The molecule has 4 aromatic rings. The van der Waals surface area contributed by atoms with Crippen molar-refractivity contribution in [3.05, 3.63) is 96.1 Å². The first kappa shape index (κ1) is 34.8. The molecule has 2 amide bonds. The summed E-state index contributed by atoms with van der Waals surface area (Å²) >= 11 is 0. The van der Waals surface area contributed by atoms with E-state index in [9.17, 15) is 19.2 Å². The number of Topliss-reactive ketones (excluding diaryl/α,β-unsaturated/α-hetero) is 2. The highest BCUT2D eigenvalue weighted by molar-refractivity contribution is 6.10. The fourth-order valence-electron chi connectivity index (χ4n) is 4.45. The van der Waals surface area contributed by atoms with Gasteiger partial charge in [0.2, 0.25) is 12.1 Å². The number of amides is 2. The van der Waals surface area contributed by atoms with Crippen molar-refractivity contribution < 1.29 is 28.7 Å². The molecule has 0 fully saturated rings. The lowest BCUT2D eigenvalue weighted by Gasteiger charge is -2.12. The molecule has 0 aliphatic carbocycles. The summed E-state index contributed by atoms with van der Waals surface area (Å²) in [6, 6.07) is 21.9. The highest BCUT2D eigenvalue weighted by Crippen LogP contribution is 2.37. The van der Waals surface area contributed by atoms with Crippen LogP contribution in [0.3, 0.4) is 0 Å². The quantitative estimate of drug-likeness (QED) is 0.114. The zero-order chi connectivity index (χ0) is 34.8. The molecule has 12 nitrogen and oxygen atoms in total. The van der Waals surface area contributed by atoms with Gasteiger partial charge < -0.3 is 20.1 Å². The van der Waals surface area contributed by atoms with Crippen LogP contribution in [-0.2, 0) is 19.2 Å². The molecule has 2 unspecified atom stereocenters. The third-order valence-electron chi connectivity index (χ3n) is 7.16. The topological polar surface area (TPSA) is 160 Å². The molecule has 0 saturated heterocycles. The van der Waals surface area contributed by atoms with Gasteiger partial charge in [0.05, 0.1) is 14.2 Å². The van der Waals surface area contributed by atoms with Gasteiger partial charge in [-0.25, -0.2) is 0 Å². The van der Waals surface area contributed by atoms with Crippen LogP contribution in [0.25, 0.3) is 11.1 Å². The second-order valence-electron chi connectivity index (χ2n) is 10.9. The average Bonchev–Trinajstić information content (AvgIpc) is 3.06. The molecule has 0 spiro atoms. The Hall–Kier alpha value is -6.04. The van der Waals surface area contributed by atoms with Crippen molar-refractivity contribution >= 4 is 46.1 Å². The number of rotatable bonds is 13. The van der Waals surface area contributed by atoms with E-state index in [-0.39, 0.29) is 0 Å². The van der Waals surface area contributed by atoms with Crippen molar-refractivity contribution in [2.24, 2.45) is 20.5 Å². The number of anilines is 2. The minimum absolute atomic E-state index is 0.312. The Balaban J connectivity index is 1.52. The van der Waals surface area contributed by atoms with Crippen LogP contribution in [0.1, 0.15) is 25.0 Å². The predicted molar refractivity (Wildman–Crippen MR) is 183 cm³/mol. The van der Waals surface area contributed by atoms with Crippen molar-refractivity contribution in [1.29, 1.82) is 0 Å². The first-order valence-electron chi connectivity index (χ1n) is 14.9. The monoisotopic (exact) mass is 648 g/mol. The predicted octanol–water partition coefficient (Wildman–Crippen LogP) is 7.35. The number of carbonyl (C=O) groups is 4. The van der Waals surface area contributed by atoms with Gasteiger partial charge in [-0.3, -0.25) is 19.2 Å². The standard InChI is InChI=1S/C36H36N6O6/c1-21-7-13-27(14-8-21)37-35(45)33(23(3)43)41-39-29-17-11-25(19-31(29)47-5)26-12-18-30(32(20-26)48-6)40-42-34(24(4)44)36(46)38-28-15-9-22(2)10-16-28/h7-20,33-34H,1-6H3,(H,37,45)(H,38,46). The molecule has 12 heteroatoms. The van der Waals surface area contributed by atoms with Crippen molar-refractivity contribution in [2.75, 3.05) is 24.9 Å². The summed E-state index contributed by atoms with van der Waals surface area (Å²) in [5.74, 6) is -1.43. The van der Waals surface area contributed by atoms with Crippen LogP contribution < -0.4 is 20.1 Å². The van der Waals surface area contributed by atoms with Gasteiger partial charge in [-0.05, 0) is 87.4 Å². The Kier molecular flexibility index (Phi) is 11.6. The number of azo groups is 2. The maximum Gasteiger partial charge on any atom is 0.258 e. The third-order valence-corrected chi connectivity index (χ3v) is 7.16. The van der Waals surface area contributed by atoms with E-state index >= 15 is 0 Å². The molecule has 2 atom stereocenters. The Morgan fingerprint density at radius 1 is 0.562 bits per heavy atom. The SMILES string of the molecule is COc1cc(-c2ccc(N=NC(C(C)=O)C(=O)Nc3ccc(C)cc3)c(OC)c2)ccc1N=NC(C(C)=O)C(=O)Nc1ccc(C)cc1. The zero-order valence-electron chi connectivity index (χ0n) is 27.5. The van der Waals surface area contributed by atoms with Gasteiger partial charge in [0.15, 0.2) is 11.6 Å². The van der Waals surface area contributed by atoms with Gasteiger partial charge in [0.25, 0.3) is 11.8 Å². The molecule has 48 heavy (non-hydrogen) atoms. The third kappa shape index (κ3) is 9.03. The zero-order valence-corrected chi connectivity index (χ0v) is 27.5. The normalized spacial score (nSPS) is 12.4. The number of methoxy groups -OCH3 is 2. The van der Waals surface area contributed by atoms with Gasteiger partial charge in [-0.15, -0.1) is 0 Å². The fourth-order valence-corrected chi connectivity index (χ4v) is 4.45. The van der Waals surface area contributed by atoms with Crippen molar-refractivity contribution in [3.63, 3.8) is 0 Å². The molecule has 0 saturated carbocycles. The van der Waals surface area contributed by atoms with E-state index in [2.05, 4.69) is 31.1 Å². The van der Waals surface area contributed by atoms with Crippen molar-refractivity contribution in [3.8, 4) is 22.6 Å². The molecule has 2 N–H and O–H groups in total. The van der Waals surface area contributed by atoms with Gasteiger partial charge in [0, 0.05) is 11.4 Å². The lowest BCUT2D eigenvalue weighted by atomic mass is 10.0. The number of carbonyl (C=O) groups excluding carboxylic acids is 4. The maximum atomic E-state index is 12.8. The summed E-state index contributed by atoms with van der Waals surface area (Å²) in [7, 11) is 2.93. The number of ketones is 2. The lowest BCUT2D eigenvalue weighted by molar-refractivity contribution is -0.127. The Morgan fingerprint density at radius 2 is 0.917 bits per heavy atom. The van der Waals surface area contributed by atoms with Crippen LogP contribution in [0.5, 0.6) is 11.5 Å². The van der Waals surface area contributed by atoms with Gasteiger partial charge in [-0.1, -0.05) is 47.5 Å². The lowest BCUT2D eigenvalue weighted by Crippen LogP contribution is -2.31. The highest BCUT2D eigenvalue weighted by Gasteiger charge is 2.25. The van der Waals surface area contributed by atoms with Crippen LogP contribution in [0.15, 0.2) is 105 Å². The van der Waals surface area contributed by atoms with E-state index in [1.165, 1.54) is 28.1 Å². The Labute approximate surface area is 278 Å². The summed E-state index contributed by atoms with van der Waals surface area (Å²) < 4.78 is 11.1. The molecule has 0 bridgehead atoms. The molecule has 0 aliphatic heterocycles. The van der Waals surface area contributed by atoms with Crippen LogP contribution in [0.2, 0.25) is 0 Å². The van der Waals surface area contributed by atoms with Crippen molar-refractivity contribution in [1.82, 2.24) is 0 Å². The minimum Gasteiger partial charge on any atom is -0.494 e. The molecule has 246 valence electrons. The number of hydrogen-bond acceptors (Lipinski definition) is 10. The molecule has 0 aromatic heterocycles. The van der Waals surface area contributed by atoms with Crippen LogP contribution >= 0.6 is 0 Å². The van der Waals surface area contributed by atoms with E-state index in [4.69, 9.17) is 9.47 Å². The second kappa shape index (κ2) is 16.0. The van der Waals surface area contributed by atoms with E-state index in [0.717, 1.165) is 22.3 Å². The molecular formula is C36H36N6O6. The molecule has 0 aliphatic rings. The largest absolute Gasteiger partial charge is 0.494 e. The molecule has 4 aromatic carbocycles. The van der Waals surface area contributed by atoms with E-state index in [1.807, 2.05) is 38.1 Å². The minimum atomic E-state index is -1.35. The van der Waals surface area contributed by atoms with E-state index in [1.54, 1.807) is 60.7 Å². The molecular weight excluding hydrogens is 612 g/mol. The number of nitrogens with zero attached hydrogens (tertiary/aromatic N) is 4. The first-order chi connectivity index (χ1) is 23.0. The molecule has 4 rings (SSSR count). The molecule has 0 heterocycles. The smallest absolute Gasteiger partial charge is 0.258 e. The fraction of sp³-hybridized carbons (Fsp3) is 0.222. The number of benzene rings is 4. The summed E-state index contributed by atoms with van der Waals surface area (Å²) in [4.78, 5) is 50.1. The summed E-state index contributed by atoms with van der Waals surface area (Å²) in [6.45, 7) is 6.41. The van der Waals surface area contributed by atoms with Gasteiger partial charge in [0.1, 0.15) is 22.9 Å². The highest BCUT2D eigenvalue weighted by atomic mass is 16.5. The Bertz CT molecular complexity index is 1730. The number of ether oxygens (including phenoxy) is 2. The summed E-state index contributed by atoms with van der Waals surface area (Å²) in [5.41, 5.74) is 5.23. The first-order valence-corrected chi connectivity index (χ1v) is 14.9. The van der Waals surface area contributed by atoms with Crippen LogP contribution in [-0.4, -0.2) is 49.7 Å². The van der Waals surface area contributed by atoms with Crippen LogP contribution in [0, 0.1) is 13.8 Å².